The Morgan fingerprint density at radius 1 is 1.17 bits per heavy atom. The lowest BCUT2D eigenvalue weighted by Gasteiger charge is -2.35. The number of rotatable bonds is 8. The minimum Gasteiger partial charge on any atom is -0.363 e. The normalized spacial score (nSPS) is 19.0. The topological polar surface area (TPSA) is 85.4 Å². The number of carbonyl (C=O) groups is 1. The monoisotopic (exact) mass is 500 g/mol. The van der Waals surface area contributed by atoms with Crippen LogP contribution in [0, 0.1) is 12.7 Å². The SMILES string of the molecule is Cc1nc(CC(=O)NC2CC(F)(F)C2)c(C2OCCO2)c(N[C@H](C)c2cccc(C(F)F)c2F)n1. The van der Waals surface area contributed by atoms with E-state index in [1.165, 1.54) is 12.1 Å². The number of hydrogen-bond donors (Lipinski definition) is 2. The summed E-state index contributed by atoms with van der Waals surface area (Å²) in [6.07, 6.45) is -4.98. The Bertz CT molecular complexity index is 1090. The number of halogens is 5. The van der Waals surface area contributed by atoms with Gasteiger partial charge in [-0.15, -0.1) is 0 Å². The van der Waals surface area contributed by atoms with Crippen molar-refractivity contribution in [3.8, 4) is 0 Å². The van der Waals surface area contributed by atoms with Gasteiger partial charge in [-0.3, -0.25) is 4.79 Å². The van der Waals surface area contributed by atoms with E-state index in [1.807, 2.05) is 0 Å². The highest BCUT2D eigenvalue weighted by molar-refractivity contribution is 5.79. The van der Waals surface area contributed by atoms with E-state index in [4.69, 9.17) is 9.47 Å². The summed E-state index contributed by atoms with van der Waals surface area (Å²) in [4.78, 5) is 21.3. The summed E-state index contributed by atoms with van der Waals surface area (Å²) in [6.45, 7) is 3.72. The van der Waals surface area contributed by atoms with E-state index in [0.29, 0.717) is 5.56 Å². The molecule has 1 aliphatic carbocycles. The number of aryl methyl sites for hydroxylation is 1. The van der Waals surface area contributed by atoms with Crippen LogP contribution in [-0.4, -0.2) is 41.1 Å². The molecule has 2 N–H and O–H groups in total. The molecule has 0 unspecified atom stereocenters. The number of nitrogens with zero attached hydrogens (tertiary/aromatic N) is 2. The largest absolute Gasteiger partial charge is 0.363 e. The van der Waals surface area contributed by atoms with Crippen molar-refractivity contribution >= 4 is 11.7 Å². The van der Waals surface area contributed by atoms with Gasteiger partial charge in [0.2, 0.25) is 5.91 Å². The van der Waals surface area contributed by atoms with Crippen LogP contribution < -0.4 is 10.6 Å². The van der Waals surface area contributed by atoms with Crippen molar-refractivity contribution in [2.75, 3.05) is 18.5 Å². The molecule has 1 aromatic carbocycles. The van der Waals surface area contributed by atoms with Crippen molar-refractivity contribution in [1.29, 1.82) is 0 Å². The zero-order valence-electron chi connectivity index (χ0n) is 19.1. The van der Waals surface area contributed by atoms with Gasteiger partial charge in [0, 0.05) is 24.4 Å². The molecule has 1 aliphatic heterocycles. The van der Waals surface area contributed by atoms with Gasteiger partial charge in [-0.05, 0) is 13.8 Å². The van der Waals surface area contributed by atoms with Gasteiger partial charge < -0.3 is 20.1 Å². The van der Waals surface area contributed by atoms with Crippen LogP contribution in [-0.2, 0) is 20.7 Å². The maximum Gasteiger partial charge on any atom is 0.266 e. The molecule has 1 saturated carbocycles. The second-order valence-electron chi connectivity index (χ2n) is 8.68. The van der Waals surface area contributed by atoms with Gasteiger partial charge in [0.25, 0.3) is 12.3 Å². The predicted octanol–water partition coefficient (Wildman–Crippen LogP) is 4.54. The maximum absolute atomic E-state index is 14.7. The first kappa shape index (κ1) is 25.2. The third-order valence-corrected chi connectivity index (χ3v) is 5.89. The van der Waals surface area contributed by atoms with E-state index in [1.54, 1.807) is 13.8 Å². The Labute approximate surface area is 198 Å². The highest BCUT2D eigenvalue weighted by atomic mass is 19.3. The van der Waals surface area contributed by atoms with Crippen molar-refractivity contribution in [2.45, 2.75) is 63.8 Å². The molecule has 1 aromatic heterocycles. The number of hydrogen-bond acceptors (Lipinski definition) is 6. The summed E-state index contributed by atoms with van der Waals surface area (Å²) in [7, 11) is 0. The first-order valence-electron chi connectivity index (χ1n) is 11.1. The minimum atomic E-state index is -2.97. The smallest absolute Gasteiger partial charge is 0.266 e. The molecule has 1 amide bonds. The molecule has 4 rings (SSSR count). The summed E-state index contributed by atoms with van der Waals surface area (Å²) >= 11 is 0. The van der Waals surface area contributed by atoms with E-state index in [2.05, 4.69) is 20.6 Å². The van der Waals surface area contributed by atoms with Gasteiger partial charge in [-0.2, -0.15) is 0 Å². The third kappa shape index (κ3) is 5.69. The zero-order chi connectivity index (χ0) is 25.3. The highest BCUT2D eigenvalue weighted by Crippen LogP contribution is 2.38. The number of nitrogens with one attached hydrogen (secondary N) is 2. The van der Waals surface area contributed by atoms with Crippen molar-refractivity contribution < 1.29 is 36.2 Å². The molecule has 2 aliphatic rings. The van der Waals surface area contributed by atoms with Crippen LogP contribution in [0.15, 0.2) is 18.2 Å². The molecule has 0 spiro atoms. The Balaban J connectivity index is 1.61. The first-order valence-corrected chi connectivity index (χ1v) is 11.1. The second-order valence-corrected chi connectivity index (χ2v) is 8.68. The summed E-state index contributed by atoms with van der Waals surface area (Å²) in [6, 6.07) is 2.34. The first-order chi connectivity index (χ1) is 16.5. The summed E-state index contributed by atoms with van der Waals surface area (Å²) in [5.41, 5.74) is -0.149. The van der Waals surface area contributed by atoms with Crippen LogP contribution in [0.2, 0.25) is 0 Å². The molecule has 0 bridgehead atoms. The number of benzene rings is 1. The number of anilines is 1. The van der Waals surface area contributed by atoms with Gasteiger partial charge in [-0.1, -0.05) is 18.2 Å². The van der Waals surface area contributed by atoms with Crippen LogP contribution in [0.3, 0.4) is 0 Å². The predicted molar refractivity (Wildman–Crippen MR) is 115 cm³/mol. The Kier molecular flexibility index (Phi) is 7.22. The molecular weight excluding hydrogens is 475 g/mol. The number of ether oxygens (including phenoxy) is 2. The van der Waals surface area contributed by atoms with E-state index in [-0.39, 0.29) is 42.5 Å². The molecule has 0 radical (unpaired) electrons. The summed E-state index contributed by atoms with van der Waals surface area (Å²) < 4.78 is 78.5. The molecule has 7 nitrogen and oxygen atoms in total. The quantitative estimate of drug-likeness (QED) is 0.518. The van der Waals surface area contributed by atoms with E-state index < -0.39 is 60.9 Å². The molecule has 35 heavy (non-hydrogen) atoms. The number of carbonyl (C=O) groups excluding carboxylic acids is 1. The Morgan fingerprint density at radius 3 is 2.46 bits per heavy atom. The van der Waals surface area contributed by atoms with E-state index in [9.17, 15) is 26.7 Å². The molecule has 12 heteroatoms. The standard InChI is InChI=1S/C23H25F5N4O3/c1-11(14-4-3-5-15(19(14)24)20(25)26)29-21-18(22-34-6-7-35-22)16(30-12(2)31-21)8-17(33)32-13-9-23(27,28)10-13/h3-5,11,13,20,22H,6-10H2,1-2H3,(H,32,33)(H,29,30,31)/t11-/m1/s1. The van der Waals surface area contributed by atoms with Gasteiger partial charge in [-0.25, -0.2) is 31.9 Å². The van der Waals surface area contributed by atoms with Crippen LogP contribution in [0.25, 0.3) is 0 Å². The van der Waals surface area contributed by atoms with E-state index in [0.717, 1.165) is 6.07 Å². The zero-order valence-corrected chi connectivity index (χ0v) is 19.1. The lowest BCUT2D eigenvalue weighted by atomic mass is 9.88. The fourth-order valence-electron chi connectivity index (χ4n) is 4.21. The Morgan fingerprint density at radius 2 is 1.83 bits per heavy atom. The fraction of sp³-hybridized carbons (Fsp3) is 0.522. The van der Waals surface area contributed by atoms with Gasteiger partial charge in [0.05, 0.1) is 42.5 Å². The number of aromatic nitrogens is 2. The molecule has 2 aromatic rings. The molecular formula is C23H25F5N4O3. The minimum absolute atomic E-state index is 0.00322. The summed E-state index contributed by atoms with van der Waals surface area (Å²) in [5.74, 6) is -3.83. The second kappa shape index (κ2) is 10.0. The lowest BCUT2D eigenvalue weighted by Crippen LogP contribution is -2.50. The molecule has 2 fully saturated rings. The molecule has 1 saturated heterocycles. The Hall–Kier alpha value is -2.86. The van der Waals surface area contributed by atoms with Crippen LogP contribution >= 0.6 is 0 Å². The fourth-order valence-corrected chi connectivity index (χ4v) is 4.21. The van der Waals surface area contributed by atoms with Crippen LogP contribution in [0.4, 0.5) is 27.8 Å². The third-order valence-electron chi connectivity index (χ3n) is 5.89. The summed E-state index contributed by atoms with van der Waals surface area (Å²) in [5, 5.41) is 5.58. The number of amides is 1. The maximum atomic E-state index is 14.7. The molecule has 2 heterocycles. The van der Waals surface area contributed by atoms with Gasteiger partial charge in [0.15, 0.2) is 6.29 Å². The lowest BCUT2D eigenvalue weighted by molar-refractivity contribution is -0.128. The van der Waals surface area contributed by atoms with Gasteiger partial charge >= 0.3 is 0 Å². The van der Waals surface area contributed by atoms with E-state index >= 15 is 0 Å². The molecule has 1 atom stereocenters. The van der Waals surface area contributed by atoms with Crippen molar-refractivity contribution in [3.05, 3.63) is 52.2 Å². The van der Waals surface area contributed by atoms with Gasteiger partial charge in [0.1, 0.15) is 17.5 Å². The highest BCUT2D eigenvalue weighted by Gasteiger charge is 2.46. The average Bonchev–Trinajstić information content (AvgIpc) is 3.26. The molecule has 190 valence electrons. The van der Waals surface area contributed by atoms with Crippen LogP contribution in [0.1, 0.15) is 66.7 Å². The number of alkyl halides is 4. The van der Waals surface area contributed by atoms with Crippen molar-refractivity contribution in [2.24, 2.45) is 0 Å². The average molecular weight is 500 g/mol. The van der Waals surface area contributed by atoms with Crippen LogP contribution in [0.5, 0.6) is 0 Å². The van der Waals surface area contributed by atoms with Crippen molar-refractivity contribution in [1.82, 2.24) is 15.3 Å². The van der Waals surface area contributed by atoms with Crippen molar-refractivity contribution in [3.63, 3.8) is 0 Å².